The molecule has 2 amide bonds. The van der Waals surface area contributed by atoms with Crippen LogP contribution in [0.4, 0.5) is 0 Å². The molecule has 2 aromatic rings. The summed E-state index contributed by atoms with van der Waals surface area (Å²) in [5.41, 5.74) is 0.913. The van der Waals surface area contributed by atoms with Gasteiger partial charge in [-0.2, -0.15) is 0 Å². The normalized spacial score (nSPS) is 11.1. The number of fused-ring (bicyclic) bond motifs is 1. The summed E-state index contributed by atoms with van der Waals surface area (Å²) >= 11 is 2.74. The molecule has 0 unspecified atom stereocenters. The Kier molecular flexibility index (Phi) is 7.65. The molecule has 0 saturated carbocycles. The SMILES string of the molecule is CCN(CC)C(=O)CN(C)C(=O)CSc1nc2sc(C)c(C)c2c(=O)n1CC. The number of nitrogens with zero attached hydrogens (tertiary/aromatic N) is 4. The molecule has 0 aliphatic carbocycles. The molecule has 9 heteroatoms. The zero-order valence-corrected chi connectivity index (χ0v) is 19.0. The number of thiophene rings is 1. The molecule has 2 heterocycles. The summed E-state index contributed by atoms with van der Waals surface area (Å²) < 4.78 is 1.61. The van der Waals surface area contributed by atoms with Crippen LogP contribution in [0, 0.1) is 13.8 Å². The van der Waals surface area contributed by atoms with Gasteiger partial charge in [-0.1, -0.05) is 11.8 Å². The summed E-state index contributed by atoms with van der Waals surface area (Å²) in [6, 6.07) is 0. The number of carbonyl (C=O) groups is 2. The maximum Gasteiger partial charge on any atom is 0.263 e. The van der Waals surface area contributed by atoms with Crippen LogP contribution in [0.15, 0.2) is 9.95 Å². The van der Waals surface area contributed by atoms with Crippen molar-refractivity contribution in [1.82, 2.24) is 19.4 Å². The fraction of sp³-hybridized carbons (Fsp3) is 0.579. The molecule has 0 N–H and O–H groups in total. The molecule has 0 saturated heterocycles. The minimum Gasteiger partial charge on any atom is -0.342 e. The van der Waals surface area contributed by atoms with Crippen LogP contribution in [0.1, 0.15) is 31.2 Å². The quantitative estimate of drug-likeness (QED) is 0.481. The molecule has 7 nitrogen and oxygen atoms in total. The van der Waals surface area contributed by atoms with E-state index in [2.05, 4.69) is 4.98 Å². The van der Waals surface area contributed by atoms with Crippen LogP contribution >= 0.6 is 23.1 Å². The predicted molar refractivity (Wildman–Crippen MR) is 115 cm³/mol. The third-order valence-electron chi connectivity index (χ3n) is 4.81. The zero-order valence-electron chi connectivity index (χ0n) is 17.4. The van der Waals surface area contributed by atoms with Gasteiger partial charge in [0.1, 0.15) is 4.83 Å². The molecule has 154 valence electrons. The van der Waals surface area contributed by atoms with Crippen LogP contribution in [0.5, 0.6) is 0 Å². The molecule has 0 fully saturated rings. The van der Waals surface area contributed by atoms with E-state index in [9.17, 15) is 14.4 Å². The van der Waals surface area contributed by atoms with Gasteiger partial charge in [-0.25, -0.2) is 4.98 Å². The molecular weight excluding hydrogens is 396 g/mol. The van der Waals surface area contributed by atoms with Crippen molar-refractivity contribution >= 4 is 45.1 Å². The van der Waals surface area contributed by atoms with Gasteiger partial charge in [0.2, 0.25) is 11.8 Å². The Labute approximate surface area is 173 Å². The zero-order chi connectivity index (χ0) is 21.0. The number of aromatic nitrogens is 2. The maximum absolute atomic E-state index is 12.9. The molecule has 2 rings (SSSR count). The topological polar surface area (TPSA) is 75.5 Å². The molecule has 0 atom stereocenters. The summed E-state index contributed by atoms with van der Waals surface area (Å²) in [6.45, 7) is 11.4. The van der Waals surface area contributed by atoms with Crippen molar-refractivity contribution in [3.05, 3.63) is 20.8 Å². The van der Waals surface area contributed by atoms with E-state index in [1.54, 1.807) is 16.5 Å². The van der Waals surface area contributed by atoms with Crippen molar-refractivity contribution < 1.29 is 9.59 Å². The van der Waals surface area contributed by atoms with Crippen LogP contribution in [-0.2, 0) is 16.1 Å². The van der Waals surface area contributed by atoms with E-state index in [-0.39, 0.29) is 29.7 Å². The van der Waals surface area contributed by atoms with E-state index in [4.69, 9.17) is 0 Å². The van der Waals surface area contributed by atoms with E-state index < -0.39 is 0 Å². The van der Waals surface area contributed by atoms with Gasteiger partial charge >= 0.3 is 0 Å². The van der Waals surface area contributed by atoms with Crippen LogP contribution < -0.4 is 5.56 Å². The van der Waals surface area contributed by atoms with E-state index in [0.29, 0.717) is 35.0 Å². The first-order chi connectivity index (χ1) is 13.2. The number of carbonyl (C=O) groups excluding carboxylic acids is 2. The highest BCUT2D eigenvalue weighted by Gasteiger charge is 2.19. The van der Waals surface area contributed by atoms with E-state index in [0.717, 1.165) is 10.4 Å². The lowest BCUT2D eigenvalue weighted by molar-refractivity contribution is -0.137. The number of rotatable bonds is 8. The molecule has 0 spiro atoms. The Morgan fingerprint density at radius 2 is 1.79 bits per heavy atom. The lowest BCUT2D eigenvalue weighted by Gasteiger charge is -2.23. The van der Waals surface area contributed by atoms with E-state index >= 15 is 0 Å². The fourth-order valence-corrected chi connectivity index (χ4v) is 4.98. The van der Waals surface area contributed by atoms with E-state index in [1.165, 1.54) is 28.0 Å². The number of aryl methyl sites for hydroxylation is 2. The lowest BCUT2D eigenvalue weighted by atomic mass is 10.2. The highest BCUT2D eigenvalue weighted by molar-refractivity contribution is 7.99. The second-order valence-corrected chi connectivity index (χ2v) is 8.66. The number of likely N-dealkylation sites (N-methyl/N-ethyl adjacent to an activating group) is 2. The van der Waals surface area contributed by atoms with Crippen molar-refractivity contribution in [2.45, 2.75) is 46.3 Å². The number of hydrogen-bond acceptors (Lipinski definition) is 6. The molecule has 28 heavy (non-hydrogen) atoms. The predicted octanol–water partition coefficient (Wildman–Crippen LogP) is 2.51. The smallest absolute Gasteiger partial charge is 0.263 e. The standard InChI is InChI=1S/C19H28N4O3S2/c1-7-22(8-2)14(24)10-21(6)15(25)11-27-19-20-17-16(12(4)13(5)28-17)18(26)23(19)9-3/h7-11H2,1-6H3. The fourth-order valence-electron chi connectivity index (χ4n) is 2.90. The maximum atomic E-state index is 12.9. The molecule has 0 radical (unpaired) electrons. The first-order valence-electron chi connectivity index (χ1n) is 9.40. The van der Waals surface area contributed by atoms with Crippen molar-refractivity contribution in [2.75, 3.05) is 32.4 Å². The minimum atomic E-state index is -0.166. The largest absolute Gasteiger partial charge is 0.342 e. The Balaban J connectivity index is 2.15. The molecule has 0 aliphatic rings. The van der Waals surface area contributed by atoms with Gasteiger partial charge in [0.15, 0.2) is 5.16 Å². The van der Waals surface area contributed by atoms with Gasteiger partial charge in [-0.05, 0) is 40.2 Å². The Morgan fingerprint density at radius 3 is 2.36 bits per heavy atom. The third-order valence-corrected chi connectivity index (χ3v) is 6.87. The lowest BCUT2D eigenvalue weighted by Crippen LogP contribution is -2.41. The van der Waals surface area contributed by atoms with E-state index in [1.807, 2.05) is 34.6 Å². The molecule has 0 aliphatic heterocycles. The van der Waals surface area contributed by atoms with Crippen LogP contribution in [0.3, 0.4) is 0 Å². The summed E-state index contributed by atoms with van der Waals surface area (Å²) in [7, 11) is 1.62. The van der Waals surface area contributed by atoms with Crippen molar-refractivity contribution in [3.8, 4) is 0 Å². The van der Waals surface area contributed by atoms with Gasteiger partial charge in [0, 0.05) is 31.6 Å². The van der Waals surface area contributed by atoms with Gasteiger partial charge in [-0.3, -0.25) is 19.0 Å². The summed E-state index contributed by atoms with van der Waals surface area (Å²) in [5, 5.41) is 1.21. The number of amides is 2. The Morgan fingerprint density at radius 1 is 1.14 bits per heavy atom. The summed E-state index contributed by atoms with van der Waals surface area (Å²) in [4.78, 5) is 47.1. The average molecular weight is 425 g/mol. The molecule has 0 bridgehead atoms. The molecule has 0 aromatic carbocycles. The molecular formula is C19H28N4O3S2. The first kappa shape index (κ1) is 22.4. The highest BCUT2D eigenvalue weighted by atomic mass is 32.2. The monoisotopic (exact) mass is 424 g/mol. The number of thioether (sulfide) groups is 1. The number of hydrogen-bond donors (Lipinski definition) is 0. The van der Waals surface area contributed by atoms with Gasteiger partial charge in [-0.15, -0.1) is 11.3 Å². The molecule has 2 aromatic heterocycles. The van der Waals surface area contributed by atoms with Crippen molar-refractivity contribution in [3.63, 3.8) is 0 Å². The second-order valence-electron chi connectivity index (χ2n) is 6.51. The Bertz CT molecular complexity index is 931. The van der Waals surface area contributed by atoms with Crippen LogP contribution in [-0.4, -0.2) is 63.6 Å². The summed E-state index contributed by atoms with van der Waals surface area (Å²) in [5.74, 6) is -0.106. The highest BCUT2D eigenvalue weighted by Crippen LogP contribution is 2.28. The van der Waals surface area contributed by atoms with Gasteiger partial charge < -0.3 is 9.80 Å². The van der Waals surface area contributed by atoms with Crippen LogP contribution in [0.25, 0.3) is 10.2 Å². The second kappa shape index (κ2) is 9.56. The van der Waals surface area contributed by atoms with Crippen molar-refractivity contribution in [1.29, 1.82) is 0 Å². The Hall–Kier alpha value is -1.87. The summed E-state index contributed by atoms with van der Waals surface area (Å²) in [6.07, 6.45) is 0. The third kappa shape index (κ3) is 4.57. The first-order valence-corrected chi connectivity index (χ1v) is 11.2. The minimum absolute atomic E-state index is 0.0530. The average Bonchev–Trinajstić information content (AvgIpc) is 2.94. The van der Waals surface area contributed by atoms with Gasteiger partial charge in [0.05, 0.1) is 17.7 Å². The van der Waals surface area contributed by atoms with Crippen molar-refractivity contribution in [2.24, 2.45) is 0 Å². The van der Waals surface area contributed by atoms with Gasteiger partial charge in [0.25, 0.3) is 5.56 Å². The van der Waals surface area contributed by atoms with Crippen LogP contribution in [0.2, 0.25) is 0 Å².